The highest BCUT2D eigenvalue weighted by atomic mass is 32.2. The zero-order chi connectivity index (χ0) is 25.0. The van der Waals surface area contributed by atoms with Crippen molar-refractivity contribution in [2.45, 2.75) is 25.4 Å². The summed E-state index contributed by atoms with van der Waals surface area (Å²) in [6.07, 6.45) is -0.350. The Labute approximate surface area is 197 Å². The first-order valence-electron chi connectivity index (χ1n) is 10.1. The molecule has 3 N–H and O–H groups in total. The largest absolute Gasteiger partial charge is 0.496 e. The van der Waals surface area contributed by atoms with Gasteiger partial charge in [0, 0.05) is 36.4 Å². The molecule has 1 heterocycles. The molecular formula is C23H21F3N4O3S. The van der Waals surface area contributed by atoms with Crippen molar-refractivity contribution in [2.24, 2.45) is 13.0 Å². The Kier molecular flexibility index (Phi) is 7.51. The zero-order valence-corrected chi connectivity index (χ0v) is 19.1. The number of nitrogens with zero attached hydrogens (tertiary/aromatic N) is 1. The highest BCUT2D eigenvalue weighted by molar-refractivity contribution is 8.26. The van der Waals surface area contributed by atoms with Crippen LogP contribution in [0, 0.1) is 28.6 Å². The normalized spacial score (nSPS) is 13.3. The lowest BCUT2D eigenvalue weighted by atomic mass is 9.86. The lowest BCUT2D eigenvalue weighted by Gasteiger charge is -2.18. The third kappa shape index (κ3) is 5.88. The first kappa shape index (κ1) is 25.1. The van der Waals surface area contributed by atoms with Crippen LogP contribution in [0.2, 0.25) is 0 Å². The van der Waals surface area contributed by atoms with Crippen molar-refractivity contribution < 1.29 is 22.7 Å². The molecule has 1 aliphatic rings. The first-order chi connectivity index (χ1) is 16.0. The summed E-state index contributed by atoms with van der Waals surface area (Å²) < 4.78 is 46.3. The minimum Gasteiger partial charge on any atom is -0.496 e. The molecule has 1 aromatic carbocycles. The Morgan fingerprint density at radius 3 is 2.53 bits per heavy atom. The van der Waals surface area contributed by atoms with Gasteiger partial charge in [-0.2, -0.15) is 13.2 Å². The smallest absolute Gasteiger partial charge is 0.416 e. The van der Waals surface area contributed by atoms with Crippen molar-refractivity contribution in [3.63, 3.8) is 0 Å². The third-order valence-corrected chi connectivity index (χ3v) is 5.83. The Bertz CT molecular complexity index is 1270. The van der Waals surface area contributed by atoms with E-state index in [1.54, 1.807) is 0 Å². The molecule has 11 heteroatoms. The molecule has 1 aliphatic carbocycles. The van der Waals surface area contributed by atoms with Crippen LogP contribution in [0.1, 0.15) is 35.2 Å². The van der Waals surface area contributed by atoms with Crippen LogP contribution < -0.4 is 15.6 Å². The van der Waals surface area contributed by atoms with Crippen LogP contribution >= 0.6 is 11.8 Å². The molecule has 0 radical (unpaired) electrons. The van der Waals surface area contributed by atoms with Crippen LogP contribution in [-0.2, 0) is 13.2 Å². The first-order valence-corrected chi connectivity index (χ1v) is 11.0. The summed E-state index contributed by atoms with van der Waals surface area (Å²) in [4.78, 5) is 25.1. The van der Waals surface area contributed by atoms with Crippen LogP contribution in [0.5, 0.6) is 5.75 Å². The second kappa shape index (κ2) is 10.2. The van der Waals surface area contributed by atoms with Crippen molar-refractivity contribution in [3.8, 4) is 28.7 Å². The zero-order valence-electron chi connectivity index (χ0n) is 18.3. The number of pyridine rings is 1. The van der Waals surface area contributed by atoms with Gasteiger partial charge < -0.3 is 14.6 Å². The summed E-state index contributed by atoms with van der Waals surface area (Å²) in [5, 5.41) is 17.6. The van der Waals surface area contributed by atoms with Crippen molar-refractivity contribution >= 4 is 27.9 Å². The van der Waals surface area contributed by atoms with E-state index in [4.69, 9.17) is 15.6 Å². The summed E-state index contributed by atoms with van der Waals surface area (Å²) in [7, 11) is 2.67. The van der Waals surface area contributed by atoms with Crippen LogP contribution in [0.3, 0.4) is 0 Å². The fraction of sp³-hybridized carbons (Fsp3) is 0.304. The average molecular weight is 491 g/mol. The summed E-state index contributed by atoms with van der Waals surface area (Å²) >= 11 is 0.626. The molecule has 34 heavy (non-hydrogen) atoms. The van der Waals surface area contributed by atoms with Gasteiger partial charge >= 0.3 is 6.18 Å². The minimum atomic E-state index is -4.64. The maximum Gasteiger partial charge on any atom is 0.416 e. The number of alkyl halides is 3. The number of aryl methyl sites for hydroxylation is 1. The second-order valence-corrected chi connectivity index (χ2v) is 8.59. The summed E-state index contributed by atoms with van der Waals surface area (Å²) in [6.45, 7) is 0. The summed E-state index contributed by atoms with van der Waals surface area (Å²) in [5.41, 5.74) is -1.79. The van der Waals surface area contributed by atoms with E-state index >= 15 is 0 Å². The standard InChI is InChI=1S/C23H21F3N4O3S/c1-30-12-17(15-10-14(23(24,25)26)7-8-18(15)33-2)16(11-20(30)31)21(32)29-22(28)34-19(27)9-6-13-4-3-5-13/h7-8,10-13,27H,3-5H2,1-2H3,(H2,28,29,32). The van der Waals surface area contributed by atoms with Gasteiger partial charge in [0.25, 0.3) is 11.5 Å². The molecule has 3 rings (SSSR count). The number of amides is 1. The average Bonchev–Trinajstić information content (AvgIpc) is 2.72. The molecular weight excluding hydrogens is 469 g/mol. The van der Waals surface area contributed by atoms with Gasteiger partial charge in [0.05, 0.1) is 18.2 Å². The number of hydrogen-bond acceptors (Lipinski definition) is 6. The van der Waals surface area contributed by atoms with E-state index in [0.717, 1.165) is 48.1 Å². The van der Waals surface area contributed by atoms with Crippen LogP contribution in [0.4, 0.5) is 13.2 Å². The molecule has 1 aromatic heterocycles. The number of benzene rings is 1. The fourth-order valence-corrected chi connectivity index (χ4v) is 3.63. The van der Waals surface area contributed by atoms with E-state index in [1.807, 2.05) is 0 Å². The Balaban J connectivity index is 1.92. The van der Waals surface area contributed by atoms with Gasteiger partial charge in [-0.15, -0.1) is 0 Å². The van der Waals surface area contributed by atoms with Crippen LogP contribution in [0.25, 0.3) is 11.1 Å². The molecule has 2 aromatic rings. The maximum absolute atomic E-state index is 13.3. The number of nitrogens with one attached hydrogen (secondary N) is 3. The molecule has 0 spiro atoms. The van der Waals surface area contributed by atoms with E-state index in [0.29, 0.717) is 11.8 Å². The van der Waals surface area contributed by atoms with Gasteiger partial charge in [-0.3, -0.25) is 20.4 Å². The number of thioether (sulfide) groups is 1. The molecule has 1 saturated carbocycles. The number of carbonyl (C=O) groups is 1. The van der Waals surface area contributed by atoms with Crippen molar-refractivity contribution in [3.05, 3.63) is 51.9 Å². The molecule has 0 bridgehead atoms. The van der Waals surface area contributed by atoms with Gasteiger partial charge in [-0.25, -0.2) is 0 Å². The van der Waals surface area contributed by atoms with Crippen LogP contribution in [0.15, 0.2) is 35.3 Å². The molecule has 0 aliphatic heterocycles. The van der Waals surface area contributed by atoms with Crippen molar-refractivity contribution in [1.82, 2.24) is 9.88 Å². The molecule has 178 valence electrons. The van der Waals surface area contributed by atoms with Gasteiger partial charge in [-0.05, 0) is 48.7 Å². The third-order valence-electron chi connectivity index (χ3n) is 5.22. The molecule has 1 fully saturated rings. The number of carbonyl (C=O) groups excluding carboxylic acids is 1. The number of aromatic nitrogens is 1. The maximum atomic E-state index is 13.3. The highest BCUT2D eigenvalue weighted by Gasteiger charge is 2.32. The van der Waals surface area contributed by atoms with Gasteiger partial charge in [0.15, 0.2) is 5.17 Å². The predicted molar refractivity (Wildman–Crippen MR) is 124 cm³/mol. The number of hydrogen-bond donors (Lipinski definition) is 3. The van der Waals surface area contributed by atoms with E-state index in [2.05, 4.69) is 17.2 Å². The quantitative estimate of drug-likeness (QED) is 0.339. The molecule has 1 amide bonds. The Hall–Kier alpha value is -3.52. The number of ether oxygens (including phenoxy) is 1. The van der Waals surface area contributed by atoms with Gasteiger partial charge in [-0.1, -0.05) is 12.3 Å². The van der Waals surface area contributed by atoms with E-state index in [1.165, 1.54) is 20.4 Å². The molecule has 0 saturated heterocycles. The van der Waals surface area contributed by atoms with Crippen LogP contribution in [-0.4, -0.2) is 27.8 Å². The van der Waals surface area contributed by atoms with E-state index in [-0.39, 0.29) is 33.4 Å². The monoisotopic (exact) mass is 490 g/mol. The molecule has 7 nitrogen and oxygen atoms in total. The topological polar surface area (TPSA) is 108 Å². The number of amidine groups is 1. The predicted octanol–water partition coefficient (Wildman–Crippen LogP) is 4.26. The van der Waals surface area contributed by atoms with Crippen molar-refractivity contribution in [1.29, 1.82) is 10.8 Å². The number of methoxy groups -OCH3 is 1. The Morgan fingerprint density at radius 2 is 1.94 bits per heavy atom. The number of rotatable bonds is 3. The van der Waals surface area contributed by atoms with E-state index in [9.17, 15) is 22.8 Å². The molecule has 0 atom stereocenters. The highest BCUT2D eigenvalue weighted by Crippen LogP contribution is 2.38. The van der Waals surface area contributed by atoms with E-state index < -0.39 is 28.4 Å². The minimum absolute atomic E-state index is 0.0141. The fourth-order valence-electron chi connectivity index (χ4n) is 3.17. The second-order valence-electron chi connectivity index (χ2n) is 7.57. The lowest BCUT2D eigenvalue weighted by Crippen LogP contribution is -2.30. The molecule has 0 unspecified atom stereocenters. The lowest BCUT2D eigenvalue weighted by molar-refractivity contribution is -0.137. The van der Waals surface area contributed by atoms with Gasteiger partial charge in [0.2, 0.25) is 0 Å². The number of halogens is 3. The summed E-state index contributed by atoms with van der Waals surface area (Å²) in [6, 6.07) is 3.79. The SMILES string of the molecule is COc1ccc(C(F)(F)F)cc1-c1cn(C)c(=O)cc1C(=O)NC(=N)SC(=N)C#CC1CCC1. The van der Waals surface area contributed by atoms with Crippen molar-refractivity contribution in [2.75, 3.05) is 7.11 Å². The Morgan fingerprint density at radius 1 is 1.24 bits per heavy atom. The van der Waals surface area contributed by atoms with Gasteiger partial charge in [0.1, 0.15) is 10.8 Å². The summed E-state index contributed by atoms with van der Waals surface area (Å²) in [5.74, 6) is 5.00.